The summed E-state index contributed by atoms with van der Waals surface area (Å²) in [5.41, 5.74) is 6.06. The molecule has 0 aliphatic heterocycles. The molecule has 0 fully saturated rings. The van der Waals surface area contributed by atoms with E-state index in [9.17, 15) is 9.18 Å². The van der Waals surface area contributed by atoms with Gasteiger partial charge in [0.25, 0.3) is 0 Å². The number of nitrogens with one attached hydrogen (secondary N) is 1. The molecule has 0 aromatic heterocycles. The maximum absolute atomic E-state index is 12.9. The van der Waals surface area contributed by atoms with E-state index in [0.717, 1.165) is 6.42 Å². The van der Waals surface area contributed by atoms with Crippen LogP contribution in [0.25, 0.3) is 0 Å². The van der Waals surface area contributed by atoms with Gasteiger partial charge in [-0.05, 0) is 30.0 Å². The molecule has 0 bridgehead atoms. The maximum Gasteiger partial charge on any atom is 0.250 e. The third-order valence-corrected chi connectivity index (χ3v) is 2.51. The van der Waals surface area contributed by atoms with Crippen LogP contribution in [0.2, 0.25) is 0 Å². The fourth-order valence-electron chi connectivity index (χ4n) is 1.36. The van der Waals surface area contributed by atoms with Crippen molar-refractivity contribution in [3.8, 4) is 0 Å². The molecular formula is C14H21FN2O2. The van der Waals surface area contributed by atoms with Crippen molar-refractivity contribution < 1.29 is 13.9 Å². The van der Waals surface area contributed by atoms with Crippen molar-refractivity contribution in [2.24, 2.45) is 5.41 Å². The number of benzene rings is 1. The fraction of sp³-hybridized carbons (Fsp3) is 0.500. The van der Waals surface area contributed by atoms with Crippen molar-refractivity contribution >= 4 is 17.3 Å². The summed E-state index contributed by atoms with van der Waals surface area (Å²) in [4.78, 5) is 11.6. The molecule has 4 nitrogen and oxygen atoms in total. The molecule has 0 unspecified atom stereocenters. The standard InChI is InChI=1S/C14H21FN2O2/c1-14(2,3)6-7-19-9-13(18)17-10-4-5-11(15)12(16)8-10/h4-5,8H,6-7,9,16H2,1-3H3,(H,17,18). The van der Waals surface area contributed by atoms with Crippen LogP contribution in [0.15, 0.2) is 18.2 Å². The van der Waals surface area contributed by atoms with Gasteiger partial charge in [0.1, 0.15) is 12.4 Å². The number of nitrogen functional groups attached to an aromatic ring is 1. The lowest BCUT2D eigenvalue weighted by molar-refractivity contribution is -0.120. The van der Waals surface area contributed by atoms with Gasteiger partial charge in [-0.1, -0.05) is 20.8 Å². The number of hydrogen-bond acceptors (Lipinski definition) is 3. The zero-order chi connectivity index (χ0) is 14.5. The minimum Gasteiger partial charge on any atom is -0.396 e. The predicted octanol–water partition coefficient (Wildman–Crippen LogP) is 2.80. The first-order chi connectivity index (χ1) is 8.78. The van der Waals surface area contributed by atoms with Crippen molar-refractivity contribution in [3.05, 3.63) is 24.0 Å². The van der Waals surface area contributed by atoms with Gasteiger partial charge in [-0.3, -0.25) is 4.79 Å². The number of halogens is 1. The summed E-state index contributed by atoms with van der Waals surface area (Å²) < 4.78 is 18.2. The highest BCUT2D eigenvalue weighted by molar-refractivity contribution is 5.92. The van der Waals surface area contributed by atoms with E-state index in [2.05, 4.69) is 26.1 Å². The van der Waals surface area contributed by atoms with Crippen LogP contribution in [0, 0.1) is 11.2 Å². The van der Waals surface area contributed by atoms with Gasteiger partial charge in [-0.15, -0.1) is 0 Å². The van der Waals surface area contributed by atoms with Crippen LogP contribution in [0.4, 0.5) is 15.8 Å². The smallest absolute Gasteiger partial charge is 0.250 e. The molecule has 1 aromatic rings. The van der Waals surface area contributed by atoms with Gasteiger partial charge in [0.05, 0.1) is 5.69 Å². The first-order valence-electron chi connectivity index (χ1n) is 6.20. The quantitative estimate of drug-likeness (QED) is 0.637. The summed E-state index contributed by atoms with van der Waals surface area (Å²) >= 11 is 0. The molecule has 0 aliphatic rings. The molecule has 0 heterocycles. The maximum atomic E-state index is 12.9. The third-order valence-electron chi connectivity index (χ3n) is 2.51. The van der Waals surface area contributed by atoms with Gasteiger partial charge in [-0.2, -0.15) is 0 Å². The largest absolute Gasteiger partial charge is 0.396 e. The van der Waals surface area contributed by atoms with E-state index >= 15 is 0 Å². The Morgan fingerprint density at radius 1 is 1.42 bits per heavy atom. The van der Waals surface area contributed by atoms with Crippen LogP contribution in [-0.2, 0) is 9.53 Å². The zero-order valence-electron chi connectivity index (χ0n) is 11.6. The van der Waals surface area contributed by atoms with Gasteiger partial charge in [0, 0.05) is 12.3 Å². The van der Waals surface area contributed by atoms with Crippen molar-refractivity contribution in [3.63, 3.8) is 0 Å². The van der Waals surface area contributed by atoms with E-state index in [4.69, 9.17) is 10.5 Å². The molecule has 106 valence electrons. The molecule has 5 heteroatoms. The van der Waals surface area contributed by atoms with Crippen LogP contribution < -0.4 is 11.1 Å². The molecule has 0 saturated carbocycles. The fourth-order valence-corrected chi connectivity index (χ4v) is 1.36. The highest BCUT2D eigenvalue weighted by atomic mass is 19.1. The minimum absolute atomic E-state index is 0.00597. The Balaban J connectivity index is 2.33. The number of ether oxygens (including phenoxy) is 1. The Labute approximate surface area is 113 Å². The summed E-state index contributed by atoms with van der Waals surface area (Å²) in [5.74, 6) is -0.778. The molecule has 1 rings (SSSR count). The third kappa shape index (κ3) is 6.20. The van der Waals surface area contributed by atoms with Crippen molar-refractivity contribution in [2.75, 3.05) is 24.3 Å². The highest BCUT2D eigenvalue weighted by Gasteiger charge is 2.10. The number of hydrogen-bond donors (Lipinski definition) is 2. The molecule has 19 heavy (non-hydrogen) atoms. The summed E-state index contributed by atoms with van der Waals surface area (Å²) in [5, 5.41) is 2.60. The summed E-state index contributed by atoms with van der Waals surface area (Å²) in [6, 6.07) is 4.05. The molecule has 1 amide bonds. The molecule has 3 N–H and O–H groups in total. The Hall–Kier alpha value is -1.62. The minimum atomic E-state index is -0.501. The van der Waals surface area contributed by atoms with Crippen molar-refractivity contribution in [1.29, 1.82) is 0 Å². The second-order valence-electron chi connectivity index (χ2n) is 5.65. The zero-order valence-corrected chi connectivity index (χ0v) is 11.6. The highest BCUT2D eigenvalue weighted by Crippen LogP contribution is 2.18. The summed E-state index contributed by atoms with van der Waals surface area (Å²) in [6.45, 7) is 6.84. The first kappa shape index (κ1) is 15.4. The number of carbonyl (C=O) groups excluding carboxylic acids is 1. The lowest BCUT2D eigenvalue weighted by Gasteiger charge is -2.17. The first-order valence-corrected chi connectivity index (χ1v) is 6.20. The number of rotatable bonds is 5. The average molecular weight is 268 g/mol. The molecule has 0 atom stereocenters. The molecule has 0 saturated heterocycles. The van der Waals surface area contributed by atoms with Gasteiger partial charge in [-0.25, -0.2) is 4.39 Å². The van der Waals surface area contributed by atoms with Crippen LogP contribution in [0.3, 0.4) is 0 Å². The molecule has 1 aromatic carbocycles. The normalized spacial score (nSPS) is 11.4. The second kappa shape index (κ2) is 6.52. The van der Waals surface area contributed by atoms with E-state index in [1.54, 1.807) is 0 Å². The molecule has 0 radical (unpaired) electrons. The Morgan fingerprint density at radius 3 is 2.68 bits per heavy atom. The lowest BCUT2D eigenvalue weighted by Crippen LogP contribution is -2.20. The Bertz CT molecular complexity index is 442. The van der Waals surface area contributed by atoms with Crippen molar-refractivity contribution in [2.45, 2.75) is 27.2 Å². The molecule has 0 aliphatic carbocycles. The van der Waals surface area contributed by atoms with E-state index in [1.807, 2.05) is 0 Å². The van der Waals surface area contributed by atoms with E-state index in [-0.39, 0.29) is 23.6 Å². The van der Waals surface area contributed by atoms with E-state index in [1.165, 1.54) is 18.2 Å². The Kier molecular flexibility index (Phi) is 5.30. The van der Waals surface area contributed by atoms with E-state index < -0.39 is 5.82 Å². The van der Waals surface area contributed by atoms with Crippen LogP contribution in [0.5, 0.6) is 0 Å². The van der Waals surface area contributed by atoms with Gasteiger partial charge in [0.2, 0.25) is 5.91 Å². The van der Waals surface area contributed by atoms with E-state index in [0.29, 0.717) is 12.3 Å². The topological polar surface area (TPSA) is 64.3 Å². The number of carbonyl (C=O) groups is 1. The predicted molar refractivity (Wildman–Crippen MR) is 74.3 cm³/mol. The SMILES string of the molecule is CC(C)(C)CCOCC(=O)Nc1ccc(F)c(N)c1. The monoisotopic (exact) mass is 268 g/mol. The summed E-state index contributed by atoms with van der Waals surface area (Å²) in [7, 11) is 0. The average Bonchev–Trinajstić information content (AvgIpc) is 2.28. The van der Waals surface area contributed by atoms with Crippen molar-refractivity contribution in [1.82, 2.24) is 0 Å². The van der Waals surface area contributed by atoms with Crippen LogP contribution in [0.1, 0.15) is 27.2 Å². The van der Waals surface area contributed by atoms with Crippen LogP contribution >= 0.6 is 0 Å². The number of anilines is 2. The molecule has 0 spiro atoms. The van der Waals surface area contributed by atoms with Crippen LogP contribution in [-0.4, -0.2) is 19.1 Å². The Morgan fingerprint density at radius 2 is 2.11 bits per heavy atom. The second-order valence-corrected chi connectivity index (χ2v) is 5.65. The van der Waals surface area contributed by atoms with Gasteiger partial charge < -0.3 is 15.8 Å². The molecular weight excluding hydrogens is 247 g/mol. The number of nitrogens with two attached hydrogens (primary N) is 1. The lowest BCUT2D eigenvalue weighted by atomic mass is 9.93. The van der Waals surface area contributed by atoms with Gasteiger partial charge >= 0.3 is 0 Å². The van der Waals surface area contributed by atoms with Gasteiger partial charge in [0.15, 0.2) is 0 Å². The summed E-state index contributed by atoms with van der Waals surface area (Å²) in [6.07, 6.45) is 0.879. The number of amides is 1.